The van der Waals surface area contributed by atoms with Crippen molar-refractivity contribution >= 4 is 11.8 Å². The smallest absolute Gasteiger partial charge is 0.272 e. The predicted molar refractivity (Wildman–Crippen MR) is 105 cm³/mol. The number of carbonyl (C=O) groups is 2. The molecule has 4 rings (SSSR count). The molecule has 0 saturated heterocycles. The van der Waals surface area contributed by atoms with Crippen molar-refractivity contribution in [2.45, 2.75) is 19.5 Å². The maximum Gasteiger partial charge on any atom is 0.272 e. The van der Waals surface area contributed by atoms with Crippen LogP contribution in [0.3, 0.4) is 0 Å². The van der Waals surface area contributed by atoms with Crippen LogP contribution in [0.5, 0.6) is 5.75 Å². The summed E-state index contributed by atoms with van der Waals surface area (Å²) >= 11 is 0. The molecule has 148 valence electrons. The summed E-state index contributed by atoms with van der Waals surface area (Å²) in [6.07, 6.45) is 2.29. The van der Waals surface area contributed by atoms with Gasteiger partial charge in [-0.25, -0.2) is 0 Å². The van der Waals surface area contributed by atoms with Gasteiger partial charge in [-0.2, -0.15) is 5.10 Å². The van der Waals surface area contributed by atoms with E-state index in [-0.39, 0.29) is 11.8 Å². The zero-order valence-electron chi connectivity index (χ0n) is 16.0. The minimum Gasteiger partial charge on any atom is -0.496 e. The fourth-order valence-electron chi connectivity index (χ4n) is 3.41. The predicted octanol–water partition coefficient (Wildman–Crippen LogP) is 1.94. The van der Waals surface area contributed by atoms with Gasteiger partial charge >= 0.3 is 0 Å². The SMILES string of the molecule is COc1ccccc1C(=O)N1CCc2[nH]nc(C(=O)NCc3ccccn3)c2C1. The summed E-state index contributed by atoms with van der Waals surface area (Å²) in [6.45, 7) is 1.17. The van der Waals surface area contributed by atoms with Gasteiger partial charge in [-0.05, 0) is 24.3 Å². The lowest BCUT2D eigenvalue weighted by atomic mass is 10.0. The van der Waals surface area contributed by atoms with E-state index in [1.165, 1.54) is 0 Å². The average molecular weight is 391 g/mol. The maximum atomic E-state index is 13.0. The van der Waals surface area contributed by atoms with Crippen molar-refractivity contribution in [1.29, 1.82) is 0 Å². The molecule has 8 nitrogen and oxygen atoms in total. The molecule has 0 fully saturated rings. The van der Waals surface area contributed by atoms with Crippen molar-refractivity contribution < 1.29 is 14.3 Å². The molecule has 0 aliphatic carbocycles. The molecule has 0 unspecified atom stereocenters. The number of fused-ring (bicyclic) bond motifs is 1. The summed E-state index contributed by atoms with van der Waals surface area (Å²) in [7, 11) is 1.54. The van der Waals surface area contributed by atoms with E-state index in [1.807, 2.05) is 24.3 Å². The summed E-state index contributed by atoms with van der Waals surface area (Å²) in [5.74, 6) is 0.109. The molecule has 0 spiro atoms. The lowest BCUT2D eigenvalue weighted by Crippen LogP contribution is -2.37. The summed E-state index contributed by atoms with van der Waals surface area (Å²) < 4.78 is 5.31. The third-order valence-electron chi connectivity index (χ3n) is 4.93. The van der Waals surface area contributed by atoms with Crippen LogP contribution in [0.4, 0.5) is 0 Å². The van der Waals surface area contributed by atoms with Crippen LogP contribution in [-0.2, 0) is 19.5 Å². The quantitative estimate of drug-likeness (QED) is 0.692. The second-order valence-corrected chi connectivity index (χ2v) is 6.71. The highest BCUT2D eigenvalue weighted by molar-refractivity contribution is 5.98. The molecular formula is C21H21N5O3. The van der Waals surface area contributed by atoms with Crippen molar-refractivity contribution in [3.63, 3.8) is 0 Å². The van der Waals surface area contributed by atoms with Crippen LogP contribution in [0.1, 0.15) is 37.8 Å². The highest BCUT2D eigenvalue weighted by Gasteiger charge is 2.29. The standard InChI is InChI=1S/C21H21N5O3/c1-29-18-8-3-2-7-15(18)21(28)26-11-9-17-16(13-26)19(25-24-17)20(27)23-12-14-6-4-5-10-22-14/h2-8,10H,9,11-13H2,1H3,(H,23,27)(H,24,25). The van der Waals surface area contributed by atoms with E-state index in [9.17, 15) is 9.59 Å². The summed E-state index contributed by atoms with van der Waals surface area (Å²) in [5.41, 5.74) is 3.21. The van der Waals surface area contributed by atoms with E-state index in [2.05, 4.69) is 20.5 Å². The van der Waals surface area contributed by atoms with E-state index >= 15 is 0 Å². The molecule has 2 aromatic heterocycles. The second-order valence-electron chi connectivity index (χ2n) is 6.71. The van der Waals surface area contributed by atoms with Gasteiger partial charge in [0.1, 0.15) is 5.75 Å². The van der Waals surface area contributed by atoms with Gasteiger partial charge in [0.2, 0.25) is 0 Å². The first-order valence-electron chi connectivity index (χ1n) is 9.34. The molecule has 2 amide bonds. The van der Waals surface area contributed by atoms with Gasteiger partial charge in [-0.3, -0.25) is 19.7 Å². The number of aromatic nitrogens is 3. The Kier molecular flexibility index (Phi) is 5.24. The van der Waals surface area contributed by atoms with Crippen molar-refractivity contribution in [3.05, 3.63) is 76.9 Å². The van der Waals surface area contributed by atoms with Gasteiger partial charge in [0.25, 0.3) is 11.8 Å². The molecule has 0 bridgehead atoms. The zero-order chi connectivity index (χ0) is 20.2. The Morgan fingerprint density at radius 3 is 2.83 bits per heavy atom. The van der Waals surface area contributed by atoms with Crippen LogP contribution >= 0.6 is 0 Å². The number of pyridine rings is 1. The Morgan fingerprint density at radius 1 is 1.21 bits per heavy atom. The van der Waals surface area contributed by atoms with Gasteiger partial charge in [0.15, 0.2) is 5.69 Å². The number of nitrogens with zero attached hydrogens (tertiary/aromatic N) is 3. The Morgan fingerprint density at radius 2 is 2.03 bits per heavy atom. The Labute approximate surface area is 167 Å². The number of H-pyrrole nitrogens is 1. The Hall–Kier alpha value is -3.68. The van der Waals surface area contributed by atoms with E-state index in [1.54, 1.807) is 36.4 Å². The van der Waals surface area contributed by atoms with Gasteiger partial charge < -0.3 is 15.0 Å². The first-order chi connectivity index (χ1) is 14.2. The number of benzene rings is 1. The lowest BCUT2D eigenvalue weighted by molar-refractivity contribution is 0.0728. The number of methoxy groups -OCH3 is 1. The molecule has 8 heteroatoms. The normalized spacial score (nSPS) is 12.9. The number of para-hydroxylation sites is 1. The van der Waals surface area contributed by atoms with Gasteiger partial charge in [-0.15, -0.1) is 0 Å². The Balaban J connectivity index is 1.50. The maximum absolute atomic E-state index is 13.0. The molecule has 29 heavy (non-hydrogen) atoms. The van der Waals surface area contributed by atoms with Crippen molar-refractivity contribution in [3.8, 4) is 5.75 Å². The number of hydrogen-bond donors (Lipinski definition) is 2. The number of nitrogens with one attached hydrogen (secondary N) is 2. The molecule has 3 aromatic rings. The summed E-state index contributed by atoms with van der Waals surface area (Å²) in [5, 5.41) is 9.97. The topological polar surface area (TPSA) is 100 Å². The fourth-order valence-corrected chi connectivity index (χ4v) is 3.41. The lowest BCUT2D eigenvalue weighted by Gasteiger charge is -2.27. The van der Waals surface area contributed by atoms with Crippen LogP contribution < -0.4 is 10.1 Å². The van der Waals surface area contributed by atoms with Crippen LogP contribution in [0.15, 0.2) is 48.7 Å². The number of rotatable bonds is 5. The average Bonchev–Trinajstić information content (AvgIpc) is 3.21. The second kappa shape index (κ2) is 8.14. The molecular weight excluding hydrogens is 370 g/mol. The van der Waals surface area contributed by atoms with Crippen molar-refractivity contribution in [2.24, 2.45) is 0 Å². The highest BCUT2D eigenvalue weighted by Crippen LogP contribution is 2.25. The number of amides is 2. The molecule has 0 radical (unpaired) electrons. The molecule has 0 saturated carbocycles. The molecule has 1 aliphatic heterocycles. The first-order valence-corrected chi connectivity index (χ1v) is 9.34. The third-order valence-corrected chi connectivity index (χ3v) is 4.93. The molecule has 1 aliphatic rings. The monoisotopic (exact) mass is 391 g/mol. The minimum absolute atomic E-state index is 0.130. The summed E-state index contributed by atoms with van der Waals surface area (Å²) in [6, 6.07) is 12.7. The molecule has 0 atom stereocenters. The number of carbonyl (C=O) groups excluding carboxylic acids is 2. The zero-order valence-corrected chi connectivity index (χ0v) is 16.0. The van der Waals surface area contributed by atoms with E-state index < -0.39 is 0 Å². The van der Waals surface area contributed by atoms with E-state index in [0.29, 0.717) is 43.1 Å². The van der Waals surface area contributed by atoms with Gasteiger partial charge in [-0.1, -0.05) is 18.2 Å². The van der Waals surface area contributed by atoms with Crippen LogP contribution in [0, 0.1) is 0 Å². The molecule has 3 heterocycles. The number of hydrogen-bond acceptors (Lipinski definition) is 5. The van der Waals surface area contributed by atoms with Crippen LogP contribution in [-0.4, -0.2) is 45.6 Å². The minimum atomic E-state index is -0.292. The Bertz CT molecular complexity index is 1030. The number of aromatic amines is 1. The molecule has 1 aromatic carbocycles. The van der Waals surface area contributed by atoms with Crippen molar-refractivity contribution in [1.82, 2.24) is 25.4 Å². The van der Waals surface area contributed by atoms with Gasteiger partial charge in [0, 0.05) is 30.4 Å². The number of ether oxygens (including phenoxy) is 1. The highest BCUT2D eigenvalue weighted by atomic mass is 16.5. The van der Waals surface area contributed by atoms with E-state index in [0.717, 1.165) is 17.0 Å². The van der Waals surface area contributed by atoms with Gasteiger partial charge in [0.05, 0.1) is 31.5 Å². The summed E-state index contributed by atoms with van der Waals surface area (Å²) in [4.78, 5) is 31.6. The third kappa shape index (κ3) is 3.82. The largest absolute Gasteiger partial charge is 0.496 e. The fraction of sp³-hybridized carbons (Fsp3) is 0.238. The van der Waals surface area contributed by atoms with Crippen LogP contribution in [0.25, 0.3) is 0 Å². The van der Waals surface area contributed by atoms with Crippen molar-refractivity contribution in [2.75, 3.05) is 13.7 Å². The molecule has 2 N–H and O–H groups in total. The van der Waals surface area contributed by atoms with E-state index in [4.69, 9.17) is 4.74 Å². The first kappa shape index (κ1) is 18.7. The van der Waals surface area contributed by atoms with Crippen LogP contribution in [0.2, 0.25) is 0 Å².